The quantitative estimate of drug-likeness (QED) is 0.0530. The largest absolute Gasteiger partial charge is 0.353 e. The minimum Gasteiger partial charge on any atom is -0.353 e. The smallest absolute Gasteiger partial charge is 0.267 e. The predicted molar refractivity (Wildman–Crippen MR) is 216 cm³/mol. The third-order valence-electron chi connectivity index (χ3n) is 11.1. The molecule has 0 bridgehead atoms. The molecule has 1 aromatic rings. The summed E-state index contributed by atoms with van der Waals surface area (Å²) in [6.07, 6.45) is 1.65. The molecule has 22 nitrogen and oxygen atoms in total. The monoisotopic (exact) mass is 968 g/mol. The summed E-state index contributed by atoms with van der Waals surface area (Å²) in [6, 6.07) is -1.27. The highest BCUT2D eigenvalue weighted by atomic mass is 35.5. The molecule has 0 aliphatic heterocycles. The SMILES string of the molecule is CC(=O)NC1CC(N(CCCCS(=O)(=O)O)CCCC(=O)NC2CC(S(=O)(=O)O)CC(S(=O)(=O)O)C2)CCC1N=Nc1c(C#N)cnn1C1C(Cl)CC(S(=O)(=O)O)CC1Cl. The van der Waals surface area contributed by atoms with E-state index >= 15 is 0 Å². The Labute approximate surface area is 359 Å². The van der Waals surface area contributed by atoms with Crippen LogP contribution in [0.4, 0.5) is 5.82 Å². The number of nitriles is 1. The van der Waals surface area contributed by atoms with Gasteiger partial charge in [0.1, 0.15) is 11.6 Å². The van der Waals surface area contributed by atoms with Crippen molar-refractivity contribution in [2.24, 2.45) is 10.2 Å². The van der Waals surface area contributed by atoms with E-state index in [1.54, 1.807) is 0 Å². The Kier molecular flexibility index (Phi) is 17.3. The minimum absolute atomic E-state index is 0.00165. The van der Waals surface area contributed by atoms with Crippen LogP contribution in [0.1, 0.15) is 95.6 Å². The van der Waals surface area contributed by atoms with Crippen LogP contribution >= 0.6 is 23.2 Å². The van der Waals surface area contributed by atoms with Gasteiger partial charge in [0.25, 0.3) is 40.5 Å². The molecule has 3 aliphatic carbocycles. The lowest BCUT2D eigenvalue weighted by Crippen LogP contribution is -2.51. The van der Waals surface area contributed by atoms with Crippen molar-refractivity contribution >= 4 is 81.3 Å². The van der Waals surface area contributed by atoms with Crippen molar-refractivity contribution in [3.8, 4) is 6.07 Å². The number of alkyl halides is 2. The lowest BCUT2D eigenvalue weighted by Gasteiger charge is -2.40. The zero-order valence-electron chi connectivity index (χ0n) is 32.4. The van der Waals surface area contributed by atoms with Gasteiger partial charge in [-0.05, 0) is 83.7 Å². The van der Waals surface area contributed by atoms with Crippen molar-refractivity contribution in [2.45, 2.75) is 141 Å². The summed E-state index contributed by atoms with van der Waals surface area (Å²) in [5.41, 5.74) is 0.0215. The third-order valence-corrected chi connectivity index (χ3v) is 16.4. The first-order valence-electron chi connectivity index (χ1n) is 19.1. The van der Waals surface area contributed by atoms with Gasteiger partial charge in [-0.3, -0.25) is 27.8 Å². The van der Waals surface area contributed by atoms with Gasteiger partial charge in [0.05, 0.1) is 56.6 Å². The number of carbonyl (C=O) groups is 2. The maximum absolute atomic E-state index is 13.0. The van der Waals surface area contributed by atoms with Gasteiger partial charge in [0, 0.05) is 25.4 Å². The van der Waals surface area contributed by atoms with Crippen molar-refractivity contribution in [1.82, 2.24) is 25.3 Å². The standard InChI is InChI=1S/C32H50Cl2N8O14S4/c1-19(43)37-29-13-22(6-7-28(29)39-40-32-20(17-35)18-36-42(32)31-26(33)15-25(16-27(31)34)60(54,55)56)41(8-2-3-10-57(45,46)47)9-4-5-30(44)38-21-11-23(58(48,49)50)14-24(12-21)59(51,52)53/h18,21-29,31H,2-16H2,1H3,(H,37,43)(H,38,44)(H,45,46,47)(H,48,49,50)(H,51,52,53)(H,54,55,56). The number of carbonyl (C=O) groups excluding carboxylic acids is 2. The fraction of sp³-hybridized carbons (Fsp3) is 0.812. The number of halogens is 2. The molecule has 1 heterocycles. The number of nitrogens with one attached hydrogen (secondary N) is 2. The lowest BCUT2D eigenvalue weighted by atomic mass is 9.86. The molecule has 60 heavy (non-hydrogen) atoms. The van der Waals surface area contributed by atoms with Crippen LogP contribution in [0.2, 0.25) is 0 Å². The molecule has 6 N–H and O–H groups in total. The fourth-order valence-corrected chi connectivity index (χ4v) is 13.0. The number of unbranched alkanes of at least 4 members (excludes halogenated alkanes) is 1. The van der Waals surface area contributed by atoms with Gasteiger partial charge in [0.2, 0.25) is 11.8 Å². The Balaban J connectivity index is 1.48. The first-order chi connectivity index (χ1) is 27.8. The molecule has 2 amide bonds. The summed E-state index contributed by atoms with van der Waals surface area (Å²) in [4.78, 5) is 27.4. The normalized spacial score (nSPS) is 29.6. The van der Waals surface area contributed by atoms with E-state index in [1.807, 2.05) is 11.0 Å². The van der Waals surface area contributed by atoms with E-state index in [0.717, 1.165) is 0 Å². The van der Waals surface area contributed by atoms with Crippen LogP contribution in [-0.2, 0) is 50.1 Å². The average molecular weight is 970 g/mol. The number of hydrogen-bond acceptors (Lipinski definition) is 15. The number of amides is 2. The molecule has 4 rings (SSSR count). The maximum atomic E-state index is 13.0. The first-order valence-corrected chi connectivity index (χ1v) is 26.1. The molecule has 0 saturated heterocycles. The lowest BCUT2D eigenvalue weighted by molar-refractivity contribution is -0.122. The minimum atomic E-state index is -4.68. The van der Waals surface area contributed by atoms with E-state index in [4.69, 9.17) is 23.2 Å². The van der Waals surface area contributed by atoms with Crippen molar-refractivity contribution in [3.05, 3.63) is 11.8 Å². The molecule has 3 aliphatic rings. The number of azo groups is 1. The summed E-state index contributed by atoms with van der Waals surface area (Å²) in [7, 11) is -18.0. The summed E-state index contributed by atoms with van der Waals surface area (Å²) in [5.74, 6) is -1.39. The zero-order valence-corrected chi connectivity index (χ0v) is 37.2. The van der Waals surface area contributed by atoms with Gasteiger partial charge >= 0.3 is 0 Å². The molecular weight excluding hydrogens is 920 g/mol. The van der Waals surface area contributed by atoms with Crippen molar-refractivity contribution < 1.29 is 61.5 Å². The Morgan fingerprint density at radius 2 is 1.42 bits per heavy atom. The highest BCUT2D eigenvalue weighted by Gasteiger charge is 2.44. The number of aromatic nitrogens is 2. The second-order valence-electron chi connectivity index (χ2n) is 15.5. The Bertz CT molecular complexity index is 2170. The second-order valence-corrected chi connectivity index (χ2v) is 23.3. The summed E-state index contributed by atoms with van der Waals surface area (Å²) in [5, 5.41) is 22.4. The van der Waals surface area contributed by atoms with Crippen LogP contribution in [0.3, 0.4) is 0 Å². The Morgan fingerprint density at radius 1 is 0.850 bits per heavy atom. The van der Waals surface area contributed by atoms with Crippen LogP contribution in [0.25, 0.3) is 0 Å². The van der Waals surface area contributed by atoms with E-state index in [0.29, 0.717) is 38.8 Å². The second kappa shape index (κ2) is 20.7. The highest BCUT2D eigenvalue weighted by Crippen LogP contribution is 2.41. The molecule has 28 heteroatoms. The maximum Gasteiger partial charge on any atom is 0.267 e. The topological polar surface area (TPSA) is 345 Å². The van der Waals surface area contributed by atoms with E-state index in [2.05, 4.69) is 26.0 Å². The van der Waals surface area contributed by atoms with Crippen molar-refractivity contribution in [3.63, 3.8) is 0 Å². The molecule has 0 aromatic carbocycles. The first kappa shape index (κ1) is 50.1. The average Bonchev–Trinajstić information content (AvgIpc) is 3.52. The van der Waals surface area contributed by atoms with Crippen LogP contribution in [0, 0.1) is 11.3 Å². The van der Waals surface area contributed by atoms with E-state index in [-0.39, 0.29) is 68.3 Å². The molecular formula is C32H50Cl2N8O14S4. The molecule has 7 atom stereocenters. The Hall–Kier alpha value is -2.58. The molecule has 3 saturated carbocycles. The van der Waals surface area contributed by atoms with Crippen molar-refractivity contribution in [2.75, 3.05) is 18.8 Å². The van der Waals surface area contributed by atoms with E-state index in [1.165, 1.54) is 17.8 Å². The summed E-state index contributed by atoms with van der Waals surface area (Å²) in [6.45, 7) is 1.94. The molecule has 1 aromatic heterocycles. The number of nitrogens with zero attached hydrogens (tertiary/aromatic N) is 6. The van der Waals surface area contributed by atoms with Gasteiger partial charge in [0.15, 0.2) is 5.82 Å². The van der Waals surface area contributed by atoms with E-state index < -0.39 is 109 Å². The fourth-order valence-electron chi connectivity index (χ4n) is 8.19. The predicted octanol–water partition coefficient (Wildman–Crippen LogP) is 2.00. The molecule has 0 radical (unpaired) electrons. The van der Waals surface area contributed by atoms with Crippen LogP contribution in [0.5, 0.6) is 0 Å². The third kappa shape index (κ3) is 14.5. The highest BCUT2D eigenvalue weighted by molar-refractivity contribution is 7.87. The van der Waals surface area contributed by atoms with Crippen LogP contribution in [0.15, 0.2) is 16.4 Å². The van der Waals surface area contributed by atoms with Crippen LogP contribution in [-0.4, -0.2) is 148 Å². The molecule has 3 fully saturated rings. The van der Waals surface area contributed by atoms with Gasteiger partial charge in [-0.2, -0.15) is 49.1 Å². The Morgan fingerprint density at radius 3 is 1.95 bits per heavy atom. The molecule has 340 valence electrons. The summed E-state index contributed by atoms with van der Waals surface area (Å²) >= 11 is 13.1. The van der Waals surface area contributed by atoms with Crippen LogP contribution < -0.4 is 10.6 Å². The van der Waals surface area contributed by atoms with Gasteiger partial charge in [-0.15, -0.1) is 28.3 Å². The summed E-state index contributed by atoms with van der Waals surface area (Å²) < 4.78 is 133. The van der Waals surface area contributed by atoms with Gasteiger partial charge in [-0.1, -0.05) is 0 Å². The van der Waals surface area contributed by atoms with Gasteiger partial charge in [-0.25, -0.2) is 4.68 Å². The molecule has 0 spiro atoms. The van der Waals surface area contributed by atoms with Gasteiger partial charge < -0.3 is 15.5 Å². The van der Waals surface area contributed by atoms with E-state index in [9.17, 15) is 66.7 Å². The number of hydrogen-bond donors (Lipinski definition) is 6. The van der Waals surface area contributed by atoms with Crippen molar-refractivity contribution in [1.29, 1.82) is 5.26 Å². The zero-order chi connectivity index (χ0) is 44.8. The molecule has 7 unspecified atom stereocenters. The number of rotatable bonds is 18.